The van der Waals surface area contributed by atoms with Gasteiger partial charge in [-0.15, -0.1) is 0 Å². The van der Waals surface area contributed by atoms with Crippen LogP contribution in [0.25, 0.3) is 0 Å². The van der Waals surface area contributed by atoms with Crippen molar-refractivity contribution in [2.75, 3.05) is 41.7 Å². The average molecular weight is 298 g/mol. The lowest BCUT2D eigenvalue weighted by molar-refractivity contribution is 0.122. The number of unbranched alkanes of at least 4 members (excludes halogenated alkanes) is 1. The van der Waals surface area contributed by atoms with E-state index in [2.05, 4.69) is 9.62 Å². The molecular weight excluding hydrogens is 276 g/mol. The smallest absolute Gasteiger partial charge is 0.232 e. The first kappa shape index (κ1) is 15.1. The largest absolute Gasteiger partial charge is 0.378 e. The molecule has 0 bridgehead atoms. The molecule has 1 aliphatic rings. The Morgan fingerprint density at radius 2 is 2.05 bits per heavy atom. The van der Waals surface area contributed by atoms with Crippen molar-refractivity contribution in [2.24, 2.45) is 0 Å². The molecule has 1 aliphatic heterocycles. The van der Waals surface area contributed by atoms with Gasteiger partial charge in [-0.1, -0.05) is 19.4 Å². The van der Waals surface area contributed by atoms with Gasteiger partial charge in [0, 0.05) is 18.8 Å². The number of hydrogen-bond acceptors (Lipinski definition) is 4. The molecular formula is C14H22N2O3S. The maximum Gasteiger partial charge on any atom is 0.232 e. The third kappa shape index (κ3) is 4.38. The van der Waals surface area contributed by atoms with E-state index in [-0.39, 0.29) is 5.75 Å². The second kappa shape index (κ2) is 6.95. The van der Waals surface area contributed by atoms with Crippen LogP contribution in [-0.4, -0.2) is 40.5 Å². The van der Waals surface area contributed by atoms with E-state index in [0.29, 0.717) is 25.3 Å². The number of anilines is 2. The van der Waals surface area contributed by atoms with Crippen molar-refractivity contribution in [2.45, 2.75) is 19.8 Å². The monoisotopic (exact) mass is 298 g/mol. The lowest BCUT2D eigenvalue weighted by atomic mass is 10.2. The van der Waals surface area contributed by atoms with Crippen LogP contribution >= 0.6 is 0 Å². The molecule has 0 aromatic heterocycles. The molecule has 1 heterocycles. The first-order valence-corrected chi connectivity index (χ1v) is 8.69. The summed E-state index contributed by atoms with van der Waals surface area (Å²) in [6.45, 7) is 5.09. The third-order valence-corrected chi connectivity index (χ3v) is 4.64. The highest BCUT2D eigenvalue weighted by Crippen LogP contribution is 2.21. The topological polar surface area (TPSA) is 58.6 Å². The van der Waals surface area contributed by atoms with Crippen LogP contribution in [0.2, 0.25) is 0 Å². The molecule has 1 aromatic carbocycles. The van der Waals surface area contributed by atoms with Gasteiger partial charge in [0.2, 0.25) is 10.0 Å². The van der Waals surface area contributed by atoms with Gasteiger partial charge in [0.05, 0.1) is 24.7 Å². The van der Waals surface area contributed by atoms with Crippen LogP contribution in [0.3, 0.4) is 0 Å². The summed E-state index contributed by atoms with van der Waals surface area (Å²) in [4.78, 5) is 2.20. The highest BCUT2D eigenvalue weighted by Gasteiger charge is 2.13. The van der Waals surface area contributed by atoms with Gasteiger partial charge in [-0.25, -0.2) is 8.42 Å². The number of nitrogens with one attached hydrogen (secondary N) is 1. The zero-order chi connectivity index (χ0) is 14.4. The van der Waals surface area contributed by atoms with Crippen LogP contribution in [0, 0.1) is 0 Å². The van der Waals surface area contributed by atoms with E-state index in [1.165, 1.54) is 0 Å². The van der Waals surface area contributed by atoms with Crippen molar-refractivity contribution in [3.8, 4) is 0 Å². The van der Waals surface area contributed by atoms with Crippen molar-refractivity contribution in [1.82, 2.24) is 0 Å². The van der Waals surface area contributed by atoms with Gasteiger partial charge in [0.1, 0.15) is 0 Å². The predicted octanol–water partition coefficient (Wildman–Crippen LogP) is 2.06. The molecule has 0 unspecified atom stereocenters. The fourth-order valence-electron chi connectivity index (χ4n) is 2.15. The summed E-state index contributed by atoms with van der Waals surface area (Å²) in [6.07, 6.45) is 1.55. The highest BCUT2D eigenvalue weighted by atomic mass is 32.2. The van der Waals surface area contributed by atoms with Gasteiger partial charge in [-0.3, -0.25) is 4.72 Å². The second-order valence-corrected chi connectivity index (χ2v) is 6.77. The van der Waals surface area contributed by atoms with Crippen LogP contribution in [0.15, 0.2) is 24.3 Å². The van der Waals surface area contributed by atoms with Gasteiger partial charge in [-0.05, 0) is 24.6 Å². The summed E-state index contributed by atoms with van der Waals surface area (Å²) >= 11 is 0. The Bertz CT molecular complexity index is 525. The van der Waals surface area contributed by atoms with Crippen LogP contribution in [0.5, 0.6) is 0 Å². The van der Waals surface area contributed by atoms with Crippen LogP contribution < -0.4 is 9.62 Å². The second-order valence-electron chi connectivity index (χ2n) is 4.92. The maximum atomic E-state index is 11.9. The van der Waals surface area contributed by atoms with Crippen molar-refractivity contribution < 1.29 is 13.2 Å². The Morgan fingerprint density at radius 3 is 2.75 bits per heavy atom. The summed E-state index contributed by atoms with van der Waals surface area (Å²) in [7, 11) is -3.24. The van der Waals surface area contributed by atoms with Crippen LogP contribution in [0.1, 0.15) is 19.8 Å². The zero-order valence-electron chi connectivity index (χ0n) is 11.8. The van der Waals surface area contributed by atoms with E-state index >= 15 is 0 Å². The van der Waals surface area contributed by atoms with Crippen molar-refractivity contribution in [1.29, 1.82) is 0 Å². The van der Waals surface area contributed by atoms with E-state index in [1.54, 1.807) is 6.07 Å². The first-order chi connectivity index (χ1) is 9.61. The Morgan fingerprint density at radius 1 is 1.30 bits per heavy atom. The molecule has 112 valence electrons. The van der Waals surface area contributed by atoms with Gasteiger partial charge < -0.3 is 9.64 Å². The van der Waals surface area contributed by atoms with E-state index in [0.717, 1.165) is 25.2 Å². The average Bonchev–Trinajstić information content (AvgIpc) is 2.46. The number of ether oxygens (including phenoxy) is 1. The normalized spacial score (nSPS) is 16.1. The van der Waals surface area contributed by atoms with E-state index < -0.39 is 10.0 Å². The molecule has 0 atom stereocenters. The molecule has 2 rings (SSSR count). The van der Waals surface area contributed by atoms with Crippen molar-refractivity contribution in [3.63, 3.8) is 0 Å². The number of benzene rings is 1. The Hall–Kier alpha value is -1.27. The Labute approximate surface area is 121 Å². The number of morpholine rings is 1. The molecule has 20 heavy (non-hydrogen) atoms. The summed E-state index contributed by atoms with van der Waals surface area (Å²) in [5.74, 6) is 0.172. The molecule has 1 aromatic rings. The lowest BCUT2D eigenvalue weighted by Gasteiger charge is -2.29. The van der Waals surface area contributed by atoms with E-state index in [9.17, 15) is 8.42 Å². The zero-order valence-corrected chi connectivity index (χ0v) is 12.7. The molecule has 0 saturated carbocycles. The molecule has 6 heteroatoms. The fourth-order valence-corrected chi connectivity index (χ4v) is 3.41. The third-order valence-electron chi connectivity index (χ3n) is 3.26. The minimum absolute atomic E-state index is 0.172. The van der Waals surface area contributed by atoms with E-state index in [4.69, 9.17) is 4.74 Å². The van der Waals surface area contributed by atoms with Crippen LogP contribution in [0.4, 0.5) is 11.4 Å². The SMILES string of the molecule is CCCCS(=O)(=O)Nc1cccc(N2CCOCC2)c1. The summed E-state index contributed by atoms with van der Waals surface area (Å²) in [6, 6.07) is 7.54. The van der Waals surface area contributed by atoms with Crippen molar-refractivity contribution in [3.05, 3.63) is 24.3 Å². The van der Waals surface area contributed by atoms with Gasteiger partial charge in [-0.2, -0.15) is 0 Å². The summed E-state index contributed by atoms with van der Waals surface area (Å²) < 4.78 is 31.8. The molecule has 1 saturated heterocycles. The van der Waals surface area contributed by atoms with Crippen LogP contribution in [-0.2, 0) is 14.8 Å². The van der Waals surface area contributed by atoms with Crippen molar-refractivity contribution >= 4 is 21.4 Å². The highest BCUT2D eigenvalue weighted by molar-refractivity contribution is 7.92. The Kier molecular flexibility index (Phi) is 5.25. The summed E-state index contributed by atoms with van der Waals surface area (Å²) in [5, 5.41) is 0. The molecule has 1 fully saturated rings. The van der Waals surface area contributed by atoms with Gasteiger partial charge >= 0.3 is 0 Å². The first-order valence-electron chi connectivity index (χ1n) is 7.04. The predicted molar refractivity (Wildman–Crippen MR) is 81.8 cm³/mol. The molecule has 1 N–H and O–H groups in total. The number of nitrogens with zero attached hydrogens (tertiary/aromatic N) is 1. The van der Waals surface area contributed by atoms with Gasteiger partial charge in [0.25, 0.3) is 0 Å². The minimum atomic E-state index is -3.24. The molecule has 0 amide bonds. The minimum Gasteiger partial charge on any atom is -0.378 e. The number of hydrogen-bond donors (Lipinski definition) is 1. The van der Waals surface area contributed by atoms with E-state index in [1.807, 2.05) is 25.1 Å². The molecule has 0 radical (unpaired) electrons. The fraction of sp³-hybridized carbons (Fsp3) is 0.571. The number of sulfonamides is 1. The summed E-state index contributed by atoms with van der Waals surface area (Å²) in [5.41, 5.74) is 1.66. The van der Waals surface area contributed by atoms with Gasteiger partial charge in [0.15, 0.2) is 0 Å². The maximum absolute atomic E-state index is 11.9. The quantitative estimate of drug-likeness (QED) is 0.873. The molecule has 5 nitrogen and oxygen atoms in total. The standard InChI is InChI=1S/C14H22N2O3S/c1-2-3-11-20(17,18)15-13-5-4-6-14(12-13)16-7-9-19-10-8-16/h4-6,12,15H,2-3,7-11H2,1H3. The Balaban J connectivity index is 2.05. The molecule has 0 aliphatic carbocycles. The molecule has 0 spiro atoms. The number of rotatable bonds is 6. The lowest BCUT2D eigenvalue weighted by Crippen LogP contribution is -2.36.